The van der Waals surface area contributed by atoms with Crippen molar-refractivity contribution in [2.24, 2.45) is 4.99 Å². The maximum atomic E-state index is 13.6. The van der Waals surface area contributed by atoms with Crippen LogP contribution in [0.4, 0.5) is 0 Å². The lowest BCUT2D eigenvalue weighted by Crippen LogP contribution is -2.39. The second kappa shape index (κ2) is 10.1. The van der Waals surface area contributed by atoms with Crippen LogP contribution in [0.15, 0.2) is 69.6 Å². The first-order valence-corrected chi connectivity index (χ1v) is 11.8. The van der Waals surface area contributed by atoms with E-state index in [0.29, 0.717) is 37.7 Å². The summed E-state index contributed by atoms with van der Waals surface area (Å²) < 4.78 is 17.7. The molecule has 8 nitrogen and oxygen atoms in total. The molecule has 2 heterocycles. The van der Waals surface area contributed by atoms with Crippen LogP contribution < -0.4 is 24.4 Å². The zero-order valence-electron chi connectivity index (χ0n) is 19.7. The van der Waals surface area contributed by atoms with Gasteiger partial charge in [-0.2, -0.15) is 0 Å². The molecule has 0 radical (unpaired) electrons. The first-order valence-electron chi connectivity index (χ1n) is 10.9. The maximum absolute atomic E-state index is 13.6. The average molecular weight is 493 g/mol. The van der Waals surface area contributed by atoms with Crippen molar-refractivity contribution in [3.8, 4) is 11.5 Å². The molecule has 1 atom stereocenters. The van der Waals surface area contributed by atoms with Gasteiger partial charge in [-0.05, 0) is 55.3 Å². The molecule has 4 rings (SSSR count). The summed E-state index contributed by atoms with van der Waals surface area (Å²) in [5, 5.41) is 0. The summed E-state index contributed by atoms with van der Waals surface area (Å²) in [4.78, 5) is 42.9. The van der Waals surface area contributed by atoms with E-state index in [2.05, 4.69) is 4.99 Å². The summed E-state index contributed by atoms with van der Waals surface area (Å²) in [6.07, 6.45) is 1.71. The molecule has 0 amide bonds. The fourth-order valence-corrected chi connectivity index (χ4v) is 4.92. The van der Waals surface area contributed by atoms with Gasteiger partial charge in [0, 0.05) is 6.92 Å². The van der Waals surface area contributed by atoms with Crippen molar-refractivity contribution in [1.29, 1.82) is 0 Å². The van der Waals surface area contributed by atoms with Gasteiger partial charge in [0.1, 0.15) is 11.5 Å². The highest BCUT2D eigenvalue weighted by molar-refractivity contribution is 7.07. The van der Waals surface area contributed by atoms with E-state index in [0.717, 1.165) is 5.56 Å². The SMILES string of the molecule is CCOC(=O)C1=C(C)N=c2s/c(=C\c3cccc(OC(C)=O)c3)c(=O)n2[C@@H]1c1ccc(OC)cc1. The van der Waals surface area contributed by atoms with Crippen molar-refractivity contribution in [2.45, 2.75) is 26.8 Å². The van der Waals surface area contributed by atoms with E-state index in [1.54, 1.807) is 63.4 Å². The lowest BCUT2D eigenvalue weighted by molar-refractivity contribution is -0.139. The van der Waals surface area contributed by atoms with E-state index in [4.69, 9.17) is 14.2 Å². The van der Waals surface area contributed by atoms with E-state index in [1.807, 2.05) is 12.1 Å². The monoisotopic (exact) mass is 492 g/mol. The Bertz CT molecular complexity index is 1500. The molecule has 1 aliphatic heterocycles. The zero-order valence-corrected chi connectivity index (χ0v) is 20.5. The molecule has 9 heteroatoms. The van der Waals surface area contributed by atoms with E-state index >= 15 is 0 Å². The van der Waals surface area contributed by atoms with Crippen LogP contribution in [0, 0.1) is 0 Å². The molecule has 0 saturated carbocycles. The molecule has 180 valence electrons. The number of esters is 2. The standard InChI is InChI=1S/C26H24N2O6S/c1-5-33-25(31)22-15(2)27-26-28(23(22)18-9-11-19(32-4)12-10-18)24(30)21(35-26)14-17-7-6-8-20(13-17)34-16(3)29/h6-14,23H,5H2,1-4H3/b21-14-/t23-/m1/s1. The predicted molar refractivity (Wildman–Crippen MR) is 131 cm³/mol. The highest BCUT2D eigenvalue weighted by atomic mass is 32.1. The zero-order chi connectivity index (χ0) is 25.1. The van der Waals surface area contributed by atoms with E-state index in [1.165, 1.54) is 22.8 Å². The minimum Gasteiger partial charge on any atom is -0.497 e. The Balaban J connectivity index is 1.89. The first-order chi connectivity index (χ1) is 16.8. The number of benzene rings is 2. The molecule has 0 spiro atoms. The Morgan fingerprint density at radius 2 is 1.89 bits per heavy atom. The molecule has 0 unspecified atom stereocenters. The number of carbonyl (C=O) groups is 2. The number of aromatic nitrogens is 1. The van der Waals surface area contributed by atoms with Crippen molar-refractivity contribution in [2.75, 3.05) is 13.7 Å². The molecule has 1 aliphatic rings. The van der Waals surface area contributed by atoms with Crippen LogP contribution in [0.5, 0.6) is 11.5 Å². The second-order valence-corrected chi connectivity index (χ2v) is 8.75. The maximum Gasteiger partial charge on any atom is 0.338 e. The Kier molecular flexibility index (Phi) is 6.97. The van der Waals surface area contributed by atoms with Crippen molar-refractivity contribution in [3.63, 3.8) is 0 Å². The third-order valence-corrected chi connectivity index (χ3v) is 6.35. The molecule has 0 bridgehead atoms. The minimum atomic E-state index is -0.703. The van der Waals surface area contributed by atoms with Crippen LogP contribution in [0.3, 0.4) is 0 Å². The molecule has 3 aromatic rings. The van der Waals surface area contributed by atoms with E-state index < -0.39 is 18.0 Å². The number of methoxy groups -OCH3 is 1. The first kappa shape index (κ1) is 24.2. The van der Waals surface area contributed by atoms with Crippen molar-refractivity contribution >= 4 is 29.4 Å². The van der Waals surface area contributed by atoms with Gasteiger partial charge in [-0.3, -0.25) is 14.2 Å². The topological polar surface area (TPSA) is 96.2 Å². The van der Waals surface area contributed by atoms with Gasteiger partial charge in [0.05, 0.1) is 35.6 Å². The number of hydrogen-bond acceptors (Lipinski definition) is 8. The van der Waals surface area contributed by atoms with Crippen molar-refractivity contribution in [3.05, 3.63) is 90.6 Å². The van der Waals surface area contributed by atoms with Crippen LogP contribution in [0.25, 0.3) is 6.08 Å². The van der Waals surface area contributed by atoms with Crippen LogP contribution >= 0.6 is 11.3 Å². The molecule has 0 aliphatic carbocycles. The number of allylic oxidation sites excluding steroid dienone is 1. The number of rotatable bonds is 6. The van der Waals surface area contributed by atoms with Crippen LogP contribution in [-0.4, -0.2) is 30.2 Å². The summed E-state index contributed by atoms with van der Waals surface area (Å²) in [7, 11) is 1.57. The summed E-state index contributed by atoms with van der Waals surface area (Å²) in [5.74, 6) is 0.101. The second-order valence-electron chi connectivity index (χ2n) is 7.74. The number of carbonyl (C=O) groups excluding carboxylic acids is 2. The largest absolute Gasteiger partial charge is 0.497 e. The molecule has 35 heavy (non-hydrogen) atoms. The molecule has 0 N–H and O–H groups in total. The quantitative estimate of drug-likeness (QED) is 0.388. The van der Waals surface area contributed by atoms with E-state index in [9.17, 15) is 14.4 Å². The van der Waals surface area contributed by atoms with Gasteiger partial charge in [0.25, 0.3) is 5.56 Å². The number of fused-ring (bicyclic) bond motifs is 1. The predicted octanol–water partition coefficient (Wildman–Crippen LogP) is 2.73. The van der Waals surface area contributed by atoms with Crippen LogP contribution in [0.1, 0.15) is 37.9 Å². The van der Waals surface area contributed by atoms with Gasteiger partial charge < -0.3 is 14.2 Å². The van der Waals surface area contributed by atoms with Gasteiger partial charge in [-0.25, -0.2) is 9.79 Å². The van der Waals surface area contributed by atoms with Gasteiger partial charge >= 0.3 is 11.9 Å². The molecule has 1 aromatic heterocycles. The van der Waals surface area contributed by atoms with Crippen LogP contribution in [-0.2, 0) is 14.3 Å². The number of ether oxygens (including phenoxy) is 3. The molecule has 0 fully saturated rings. The number of nitrogens with zero attached hydrogens (tertiary/aromatic N) is 2. The summed E-state index contributed by atoms with van der Waals surface area (Å²) in [5.41, 5.74) is 1.94. The molecular formula is C26H24N2O6S. The third kappa shape index (κ3) is 4.95. The fraction of sp³-hybridized carbons (Fsp3) is 0.231. The smallest absolute Gasteiger partial charge is 0.338 e. The number of thiazole rings is 1. The molecule has 2 aromatic carbocycles. The van der Waals surface area contributed by atoms with Gasteiger partial charge in [0.15, 0.2) is 4.80 Å². The average Bonchev–Trinajstić information content (AvgIpc) is 3.12. The Morgan fingerprint density at radius 1 is 1.14 bits per heavy atom. The van der Waals surface area contributed by atoms with Gasteiger partial charge in [0.2, 0.25) is 0 Å². The Morgan fingerprint density at radius 3 is 2.54 bits per heavy atom. The highest BCUT2D eigenvalue weighted by Gasteiger charge is 2.33. The Labute approximate surface area is 205 Å². The van der Waals surface area contributed by atoms with Gasteiger partial charge in [-0.15, -0.1) is 0 Å². The number of hydrogen-bond donors (Lipinski definition) is 0. The Hall–Kier alpha value is -3.98. The summed E-state index contributed by atoms with van der Waals surface area (Å²) in [6, 6.07) is 13.4. The normalized spacial score (nSPS) is 15.3. The fourth-order valence-electron chi connectivity index (χ4n) is 3.88. The van der Waals surface area contributed by atoms with Crippen LogP contribution in [0.2, 0.25) is 0 Å². The highest BCUT2D eigenvalue weighted by Crippen LogP contribution is 2.31. The summed E-state index contributed by atoms with van der Waals surface area (Å²) in [6.45, 7) is 5.00. The lowest BCUT2D eigenvalue weighted by Gasteiger charge is -2.24. The van der Waals surface area contributed by atoms with E-state index in [-0.39, 0.29) is 12.2 Å². The molecular weight excluding hydrogens is 468 g/mol. The minimum absolute atomic E-state index is 0.202. The third-order valence-electron chi connectivity index (χ3n) is 5.37. The van der Waals surface area contributed by atoms with Gasteiger partial charge in [-0.1, -0.05) is 35.6 Å². The van der Waals surface area contributed by atoms with Crippen molar-refractivity contribution in [1.82, 2.24) is 4.57 Å². The summed E-state index contributed by atoms with van der Waals surface area (Å²) >= 11 is 1.22. The lowest BCUT2D eigenvalue weighted by atomic mass is 9.96. The molecule has 0 saturated heterocycles. The van der Waals surface area contributed by atoms with Crippen molar-refractivity contribution < 1.29 is 23.8 Å².